The number of nitrogens with zero attached hydrogens (tertiary/aromatic N) is 4. The third-order valence-corrected chi connectivity index (χ3v) is 4.90. The van der Waals surface area contributed by atoms with Crippen LogP contribution in [0, 0.1) is 6.92 Å². The van der Waals surface area contributed by atoms with Crippen LogP contribution in [0.15, 0.2) is 42.9 Å². The lowest BCUT2D eigenvalue weighted by Crippen LogP contribution is -2.37. The lowest BCUT2D eigenvalue weighted by Gasteiger charge is -2.24. The molecule has 10 heteroatoms. The number of hydrogen-bond acceptors (Lipinski definition) is 6. The molecule has 1 atom stereocenters. The van der Waals surface area contributed by atoms with Gasteiger partial charge in [-0.05, 0) is 36.8 Å². The predicted molar refractivity (Wildman–Crippen MR) is 105 cm³/mol. The smallest absolute Gasteiger partial charge is 0.409 e. The number of amides is 1. The number of hydrogen-bond donors (Lipinski definition) is 2. The Labute approximate surface area is 171 Å². The summed E-state index contributed by atoms with van der Waals surface area (Å²) in [7, 11) is 0. The molecule has 1 saturated heterocycles. The van der Waals surface area contributed by atoms with E-state index >= 15 is 0 Å². The zero-order valence-electron chi connectivity index (χ0n) is 16.4. The highest BCUT2D eigenvalue weighted by Gasteiger charge is 2.41. The Morgan fingerprint density at radius 1 is 1.33 bits per heavy atom. The van der Waals surface area contributed by atoms with E-state index in [9.17, 15) is 13.6 Å². The van der Waals surface area contributed by atoms with Gasteiger partial charge in [-0.3, -0.25) is 0 Å². The molecule has 4 rings (SSSR count). The molecule has 0 unspecified atom stereocenters. The minimum Gasteiger partial charge on any atom is -0.419 e. The number of alkyl carbamates (subject to hydrolysis) is 1. The lowest BCUT2D eigenvalue weighted by atomic mass is 10.1. The molecule has 0 aromatic carbocycles. The largest absolute Gasteiger partial charge is 0.419 e. The third kappa shape index (κ3) is 3.80. The van der Waals surface area contributed by atoms with E-state index in [0.717, 1.165) is 11.1 Å². The van der Waals surface area contributed by atoms with Crippen LogP contribution in [-0.2, 0) is 10.5 Å². The number of alkyl halides is 2. The molecule has 1 aliphatic rings. The first kappa shape index (κ1) is 19.7. The van der Waals surface area contributed by atoms with Crippen molar-refractivity contribution in [2.45, 2.75) is 32.4 Å². The summed E-state index contributed by atoms with van der Waals surface area (Å²) in [6.07, 6.45) is 2.23. The number of carbonyl (C=O) groups is 1. The maximum atomic E-state index is 12.9. The van der Waals surface area contributed by atoms with Crippen molar-refractivity contribution in [3.05, 3.63) is 54.0 Å². The summed E-state index contributed by atoms with van der Waals surface area (Å²) in [6.45, 7) is 4.14. The van der Waals surface area contributed by atoms with Gasteiger partial charge in [0.1, 0.15) is 11.6 Å². The van der Waals surface area contributed by atoms with Crippen molar-refractivity contribution < 1.29 is 18.3 Å². The first-order chi connectivity index (χ1) is 14.4. The highest BCUT2D eigenvalue weighted by Crippen LogP contribution is 2.29. The van der Waals surface area contributed by atoms with Crippen LogP contribution in [-0.4, -0.2) is 32.4 Å². The van der Waals surface area contributed by atoms with Gasteiger partial charge in [0.25, 0.3) is 6.43 Å². The van der Waals surface area contributed by atoms with Gasteiger partial charge in [-0.15, -0.1) is 0 Å². The standard InChI is InChI=1S/C20H20F2N6O2/c1-3-20(11-24-19(29)30-20)28-10-14(9-25-28)15-6-12(2)7-17(26-15)27-16-8-13(18(21)22)4-5-23-16/h4-10,18H,3,11H2,1-2H3,(H,24,29)(H,23,26,27)/t20-/m0/s1. The number of carbonyl (C=O) groups excluding carboxylic acids is 1. The second kappa shape index (κ2) is 7.69. The second-order valence-electron chi connectivity index (χ2n) is 7.03. The number of rotatable bonds is 6. The normalized spacial score (nSPS) is 18.4. The zero-order chi connectivity index (χ0) is 21.3. The molecule has 0 radical (unpaired) electrons. The minimum atomic E-state index is -2.58. The number of pyridine rings is 2. The fraction of sp³-hybridized carbons (Fsp3) is 0.300. The molecule has 8 nitrogen and oxygen atoms in total. The van der Waals surface area contributed by atoms with Crippen molar-refractivity contribution in [2.24, 2.45) is 0 Å². The summed E-state index contributed by atoms with van der Waals surface area (Å²) in [6, 6.07) is 6.24. The third-order valence-electron chi connectivity index (χ3n) is 4.90. The van der Waals surface area contributed by atoms with E-state index in [2.05, 4.69) is 25.7 Å². The number of halogens is 2. The molecule has 2 N–H and O–H groups in total. The molecule has 3 aromatic heterocycles. The molecule has 1 fully saturated rings. The van der Waals surface area contributed by atoms with Gasteiger partial charge in [0, 0.05) is 29.9 Å². The number of anilines is 2. The van der Waals surface area contributed by atoms with Crippen LogP contribution in [0.3, 0.4) is 0 Å². The SMILES string of the molecule is CC[C@@]1(n2cc(-c3cc(C)cc(Nc4cc(C(F)F)ccn4)n3)cn2)CNC(=O)O1. The Morgan fingerprint density at radius 3 is 2.87 bits per heavy atom. The molecular formula is C20H20F2N6O2. The highest BCUT2D eigenvalue weighted by molar-refractivity contribution is 5.70. The van der Waals surface area contributed by atoms with Gasteiger partial charge in [0.05, 0.1) is 18.4 Å². The van der Waals surface area contributed by atoms with Crippen molar-refractivity contribution in [3.63, 3.8) is 0 Å². The van der Waals surface area contributed by atoms with Gasteiger partial charge in [-0.2, -0.15) is 5.10 Å². The van der Waals surface area contributed by atoms with E-state index in [1.165, 1.54) is 18.3 Å². The summed E-state index contributed by atoms with van der Waals surface area (Å²) >= 11 is 0. The van der Waals surface area contributed by atoms with E-state index in [1.807, 2.05) is 19.9 Å². The van der Waals surface area contributed by atoms with Crippen LogP contribution in [0.4, 0.5) is 25.2 Å². The number of ether oxygens (including phenoxy) is 1. The molecule has 3 aromatic rings. The van der Waals surface area contributed by atoms with Crippen molar-refractivity contribution in [3.8, 4) is 11.3 Å². The monoisotopic (exact) mass is 414 g/mol. The molecule has 0 bridgehead atoms. The van der Waals surface area contributed by atoms with E-state index in [-0.39, 0.29) is 11.4 Å². The van der Waals surface area contributed by atoms with Crippen LogP contribution in [0.1, 0.15) is 30.9 Å². The van der Waals surface area contributed by atoms with Crippen molar-refractivity contribution in [1.82, 2.24) is 25.1 Å². The van der Waals surface area contributed by atoms with E-state index in [1.54, 1.807) is 23.1 Å². The molecule has 30 heavy (non-hydrogen) atoms. The fourth-order valence-electron chi connectivity index (χ4n) is 3.28. The van der Waals surface area contributed by atoms with E-state index < -0.39 is 18.2 Å². The highest BCUT2D eigenvalue weighted by atomic mass is 19.3. The van der Waals surface area contributed by atoms with Crippen molar-refractivity contribution in [1.29, 1.82) is 0 Å². The minimum absolute atomic E-state index is 0.119. The van der Waals surface area contributed by atoms with Crippen LogP contribution in [0.5, 0.6) is 0 Å². The van der Waals surface area contributed by atoms with Gasteiger partial charge in [0.2, 0.25) is 5.72 Å². The van der Waals surface area contributed by atoms with Gasteiger partial charge in [0.15, 0.2) is 0 Å². The van der Waals surface area contributed by atoms with Gasteiger partial charge in [-0.1, -0.05) is 6.92 Å². The zero-order valence-corrected chi connectivity index (χ0v) is 16.4. The average Bonchev–Trinajstić information content (AvgIpc) is 3.35. The molecule has 1 amide bonds. The maximum Gasteiger partial charge on any atom is 0.409 e. The predicted octanol–water partition coefficient (Wildman–Crippen LogP) is 4.13. The molecule has 4 heterocycles. The number of cyclic esters (lactones) is 1. The van der Waals surface area contributed by atoms with Gasteiger partial charge in [-0.25, -0.2) is 28.2 Å². The number of aryl methyl sites for hydroxylation is 1. The first-order valence-electron chi connectivity index (χ1n) is 9.41. The molecule has 156 valence electrons. The van der Waals surface area contributed by atoms with Gasteiger partial charge < -0.3 is 15.4 Å². The summed E-state index contributed by atoms with van der Waals surface area (Å²) in [5.74, 6) is 0.747. The summed E-state index contributed by atoms with van der Waals surface area (Å²) < 4.78 is 32.9. The van der Waals surface area contributed by atoms with Gasteiger partial charge >= 0.3 is 6.09 Å². The molecule has 1 aliphatic heterocycles. The average molecular weight is 414 g/mol. The van der Waals surface area contributed by atoms with E-state index in [4.69, 9.17) is 4.74 Å². The molecule has 0 aliphatic carbocycles. The number of nitrogens with one attached hydrogen (secondary N) is 2. The Balaban J connectivity index is 1.62. The Morgan fingerprint density at radius 2 is 2.17 bits per heavy atom. The van der Waals surface area contributed by atoms with Crippen molar-refractivity contribution in [2.75, 3.05) is 11.9 Å². The lowest BCUT2D eigenvalue weighted by molar-refractivity contribution is -0.0229. The molecule has 0 saturated carbocycles. The van der Waals surface area contributed by atoms with Crippen LogP contribution >= 0.6 is 0 Å². The molecular weight excluding hydrogens is 394 g/mol. The first-order valence-corrected chi connectivity index (χ1v) is 9.41. The Kier molecular flexibility index (Phi) is 5.06. The Hall–Kier alpha value is -3.56. The second-order valence-corrected chi connectivity index (χ2v) is 7.03. The Bertz CT molecular complexity index is 1090. The maximum absolute atomic E-state index is 12.9. The van der Waals surface area contributed by atoms with Crippen LogP contribution < -0.4 is 10.6 Å². The van der Waals surface area contributed by atoms with E-state index in [0.29, 0.717) is 24.5 Å². The van der Waals surface area contributed by atoms with Crippen LogP contribution in [0.2, 0.25) is 0 Å². The summed E-state index contributed by atoms with van der Waals surface area (Å²) in [5.41, 5.74) is 1.29. The fourth-order valence-corrected chi connectivity index (χ4v) is 3.28. The summed E-state index contributed by atoms with van der Waals surface area (Å²) in [4.78, 5) is 20.2. The quantitative estimate of drug-likeness (QED) is 0.630. The number of aromatic nitrogens is 4. The molecule has 0 spiro atoms. The summed E-state index contributed by atoms with van der Waals surface area (Å²) in [5, 5.41) is 10.0. The topological polar surface area (TPSA) is 94.0 Å². The van der Waals surface area contributed by atoms with Crippen molar-refractivity contribution >= 4 is 17.7 Å². The van der Waals surface area contributed by atoms with Crippen LogP contribution in [0.25, 0.3) is 11.3 Å².